The van der Waals surface area contributed by atoms with Gasteiger partial charge in [0.2, 0.25) is 0 Å². The number of rotatable bonds is 8. The van der Waals surface area contributed by atoms with E-state index in [1.54, 1.807) is 6.07 Å². The predicted molar refractivity (Wildman–Crippen MR) is 91.3 cm³/mol. The van der Waals surface area contributed by atoms with Gasteiger partial charge in [0, 0.05) is 6.42 Å². The number of aliphatic carboxylic acids is 1. The number of carboxylic acids is 1. The highest BCUT2D eigenvalue weighted by Gasteiger charge is 2.26. The molecule has 0 saturated carbocycles. The predicted octanol–water partition coefficient (Wildman–Crippen LogP) is 2.61. The number of aryl methyl sites for hydroxylation is 1. The summed E-state index contributed by atoms with van der Waals surface area (Å²) in [5, 5.41) is 11.7. The molecule has 2 atom stereocenters. The van der Waals surface area contributed by atoms with Gasteiger partial charge in [-0.15, -0.1) is 0 Å². The maximum absolute atomic E-state index is 12.5. The molecule has 0 aliphatic carbocycles. The number of furan rings is 1. The molecule has 0 aliphatic rings. The highest BCUT2D eigenvalue weighted by atomic mass is 16.4. The van der Waals surface area contributed by atoms with Crippen LogP contribution in [0, 0.1) is 12.8 Å². The van der Waals surface area contributed by atoms with Crippen molar-refractivity contribution in [1.82, 2.24) is 5.32 Å². The summed E-state index contributed by atoms with van der Waals surface area (Å²) in [6.45, 7) is 3.43. The van der Waals surface area contributed by atoms with Gasteiger partial charge >= 0.3 is 5.97 Å². The van der Waals surface area contributed by atoms with Crippen LogP contribution >= 0.6 is 0 Å². The lowest BCUT2D eigenvalue weighted by Crippen LogP contribution is -2.43. The van der Waals surface area contributed by atoms with Crippen LogP contribution in [0.2, 0.25) is 0 Å². The van der Waals surface area contributed by atoms with Crippen molar-refractivity contribution in [2.45, 2.75) is 32.7 Å². The summed E-state index contributed by atoms with van der Waals surface area (Å²) in [6, 6.07) is 9.88. The quantitative estimate of drug-likeness (QED) is 0.768. The van der Waals surface area contributed by atoms with Crippen molar-refractivity contribution in [2.75, 3.05) is 0 Å². The molecule has 0 saturated heterocycles. The largest absolute Gasteiger partial charge is 0.481 e. The fraction of sp³-hybridized carbons (Fsp3) is 0.316. The minimum atomic E-state index is -1.04. The second kappa shape index (κ2) is 8.28. The number of carbonyl (C=O) groups excluding carboxylic acids is 2. The van der Waals surface area contributed by atoms with Crippen LogP contribution in [0.5, 0.6) is 0 Å². The number of benzene rings is 1. The van der Waals surface area contributed by atoms with Gasteiger partial charge in [-0.05, 0) is 31.0 Å². The summed E-state index contributed by atoms with van der Waals surface area (Å²) >= 11 is 0. The molecule has 6 nitrogen and oxygen atoms in total. The first-order valence-corrected chi connectivity index (χ1v) is 8.02. The Morgan fingerprint density at radius 1 is 1.16 bits per heavy atom. The van der Waals surface area contributed by atoms with E-state index in [9.17, 15) is 14.4 Å². The number of Topliss-reactive ketones (excluding diaryl/α,β-unsaturated/α-hetero) is 1. The Labute approximate surface area is 145 Å². The molecule has 1 aromatic heterocycles. The van der Waals surface area contributed by atoms with Crippen LogP contribution in [-0.2, 0) is 16.0 Å². The maximum Gasteiger partial charge on any atom is 0.306 e. The minimum absolute atomic E-state index is 0.105. The molecule has 6 heteroatoms. The molecule has 0 aliphatic heterocycles. The Morgan fingerprint density at radius 2 is 1.84 bits per heavy atom. The van der Waals surface area contributed by atoms with Gasteiger partial charge in [0.25, 0.3) is 5.91 Å². The molecule has 2 rings (SSSR count). The summed E-state index contributed by atoms with van der Waals surface area (Å²) in [6.07, 6.45) is 1.51. The lowest BCUT2D eigenvalue weighted by Gasteiger charge is -2.18. The molecule has 1 heterocycles. The van der Waals surface area contributed by atoms with Crippen LogP contribution in [0.1, 0.15) is 35.0 Å². The lowest BCUT2D eigenvalue weighted by atomic mass is 9.95. The van der Waals surface area contributed by atoms with E-state index in [1.165, 1.54) is 19.3 Å². The van der Waals surface area contributed by atoms with E-state index < -0.39 is 23.8 Å². The molecule has 1 aromatic carbocycles. The summed E-state index contributed by atoms with van der Waals surface area (Å²) in [7, 11) is 0. The van der Waals surface area contributed by atoms with E-state index in [2.05, 4.69) is 5.32 Å². The number of amides is 1. The van der Waals surface area contributed by atoms with E-state index in [-0.39, 0.29) is 24.4 Å². The summed E-state index contributed by atoms with van der Waals surface area (Å²) in [5.74, 6) is -2.57. The van der Waals surface area contributed by atoms with Gasteiger partial charge in [-0.2, -0.15) is 0 Å². The van der Waals surface area contributed by atoms with Crippen LogP contribution in [0.25, 0.3) is 0 Å². The highest BCUT2D eigenvalue weighted by molar-refractivity contribution is 5.96. The molecule has 0 spiro atoms. The van der Waals surface area contributed by atoms with E-state index in [4.69, 9.17) is 9.52 Å². The number of hydrogen-bond donors (Lipinski definition) is 2. The van der Waals surface area contributed by atoms with Gasteiger partial charge < -0.3 is 14.8 Å². The van der Waals surface area contributed by atoms with E-state index in [1.807, 2.05) is 31.2 Å². The normalized spacial score (nSPS) is 13.0. The van der Waals surface area contributed by atoms with Crippen LogP contribution in [-0.4, -0.2) is 28.8 Å². The molecule has 0 bridgehead atoms. The molecule has 2 aromatic rings. The van der Waals surface area contributed by atoms with E-state index >= 15 is 0 Å². The Kier molecular flexibility index (Phi) is 6.11. The second-order valence-corrected chi connectivity index (χ2v) is 6.10. The van der Waals surface area contributed by atoms with E-state index in [0.717, 1.165) is 11.1 Å². The standard InChI is InChI=1S/C19H21NO5/c1-12-5-7-14(8-6-12)11-15(16(21)10-13(2)19(23)24)20-18(22)17-4-3-9-25-17/h3-9,13,15H,10-11H2,1-2H3,(H,20,22)(H,23,24)/t13-,15+/m0/s1. The van der Waals surface area contributed by atoms with Crippen LogP contribution in [0.4, 0.5) is 0 Å². The Bertz CT molecular complexity index is 734. The Morgan fingerprint density at radius 3 is 2.40 bits per heavy atom. The zero-order chi connectivity index (χ0) is 18.4. The number of carboxylic acid groups (broad SMARTS) is 1. The monoisotopic (exact) mass is 343 g/mol. The number of carbonyl (C=O) groups is 3. The molecule has 0 unspecified atom stereocenters. The third-order valence-corrected chi connectivity index (χ3v) is 3.93. The first-order valence-electron chi connectivity index (χ1n) is 8.02. The van der Waals surface area contributed by atoms with Gasteiger partial charge in [-0.25, -0.2) is 0 Å². The first-order chi connectivity index (χ1) is 11.9. The average Bonchev–Trinajstić information content (AvgIpc) is 3.10. The van der Waals surface area contributed by atoms with Gasteiger partial charge in [-0.1, -0.05) is 36.8 Å². The van der Waals surface area contributed by atoms with Crippen LogP contribution in [0.3, 0.4) is 0 Å². The molecule has 25 heavy (non-hydrogen) atoms. The maximum atomic E-state index is 12.5. The van der Waals surface area contributed by atoms with Crippen molar-refractivity contribution in [3.05, 3.63) is 59.5 Å². The number of nitrogens with one attached hydrogen (secondary N) is 1. The fourth-order valence-electron chi connectivity index (χ4n) is 2.37. The topological polar surface area (TPSA) is 96.6 Å². The van der Waals surface area contributed by atoms with Crippen molar-refractivity contribution < 1.29 is 23.9 Å². The molecule has 0 radical (unpaired) electrons. The Hall–Kier alpha value is -2.89. The van der Waals surface area contributed by atoms with Crippen molar-refractivity contribution >= 4 is 17.7 Å². The SMILES string of the molecule is Cc1ccc(C[C@@H](NC(=O)c2ccco2)C(=O)C[C@H](C)C(=O)O)cc1. The summed E-state index contributed by atoms with van der Waals surface area (Å²) < 4.78 is 5.04. The van der Waals surface area contributed by atoms with Crippen molar-refractivity contribution in [2.24, 2.45) is 5.92 Å². The van der Waals surface area contributed by atoms with Gasteiger partial charge in [0.15, 0.2) is 11.5 Å². The zero-order valence-electron chi connectivity index (χ0n) is 14.2. The van der Waals surface area contributed by atoms with Crippen molar-refractivity contribution in [1.29, 1.82) is 0 Å². The number of hydrogen-bond acceptors (Lipinski definition) is 4. The van der Waals surface area contributed by atoms with Crippen molar-refractivity contribution in [3.63, 3.8) is 0 Å². The minimum Gasteiger partial charge on any atom is -0.481 e. The lowest BCUT2D eigenvalue weighted by molar-refractivity contribution is -0.143. The zero-order valence-corrected chi connectivity index (χ0v) is 14.2. The third-order valence-electron chi connectivity index (χ3n) is 3.93. The van der Waals surface area contributed by atoms with Crippen molar-refractivity contribution in [3.8, 4) is 0 Å². The molecule has 2 N–H and O–H groups in total. The van der Waals surface area contributed by atoms with Gasteiger partial charge in [-0.3, -0.25) is 14.4 Å². The van der Waals surface area contributed by atoms with E-state index in [0.29, 0.717) is 0 Å². The summed E-state index contributed by atoms with van der Waals surface area (Å²) in [5.41, 5.74) is 1.97. The second-order valence-electron chi connectivity index (χ2n) is 6.10. The highest BCUT2D eigenvalue weighted by Crippen LogP contribution is 2.12. The fourth-order valence-corrected chi connectivity index (χ4v) is 2.37. The summed E-state index contributed by atoms with van der Waals surface area (Å²) in [4.78, 5) is 35.7. The molecule has 132 valence electrons. The van der Waals surface area contributed by atoms with Crippen LogP contribution in [0.15, 0.2) is 47.1 Å². The average molecular weight is 343 g/mol. The van der Waals surface area contributed by atoms with Gasteiger partial charge in [0.05, 0.1) is 18.2 Å². The van der Waals surface area contributed by atoms with Gasteiger partial charge in [0.1, 0.15) is 0 Å². The first kappa shape index (κ1) is 18.4. The molecule has 1 amide bonds. The number of ketones is 1. The van der Waals surface area contributed by atoms with Crippen LogP contribution < -0.4 is 5.32 Å². The molecular formula is C19H21NO5. The third kappa shape index (κ3) is 5.31. The Balaban J connectivity index is 2.14. The molecule has 0 fully saturated rings. The molecular weight excluding hydrogens is 322 g/mol. The smallest absolute Gasteiger partial charge is 0.306 e.